The normalized spacial score (nSPS) is 12.9. The van der Waals surface area contributed by atoms with E-state index in [0.717, 1.165) is 11.1 Å². The van der Waals surface area contributed by atoms with Gasteiger partial charge in [0.15, 0.2) is 0 Å². The number of anilines is 1. The summed E-state index contributed by atoms with van der Waals surface area (Å²) in [5, 5.41) is 1.02. The third kappa shape index (κ3) is 3.47. The fourth-order valence-corrected chi connectivity index (χ4v) is 6.15. The van der Waals surface area contributed by atoms with Crippen molar-refractivity contribution in [1.82, 2.24) is 9.84 Å². The van der Waals surface area contributed by atoms with Gasteiger partial charge in [-0.3, -0.25) is 0 Å². The molecule has 0 aliphatic heterocycles. The number of nitrogens with two attached hydrogens (primary N) is 1. The Hall–Kier alpha value is -0.200. The largest absolute Gasteiger partial charge is 0.398 e. The highest BCUT2D eigenvalue weighted by molar-refractivity contribution is 9.11. The monoisotopic (exact) mass is 435 g/mol. The molecule has 1 aromatic rings. The van der Waals surface area contributed by atoms with Crippen molar-refractivity contribution in [2.75, 3.05) is 19.8 Å². The predicted octanol–water partition coefficient (Wildman–Crippen LogP) is 0.879. The molecule has 108 valence electrons. The molecule has 11 heteroatoms. The number of nitrogens with zero attached hydrogens (tertiary/aromatic N) is 1. The molecule has 0 spiro atoms. The van der Waals surface area contributed by atoms with Crippen molar-refractivity contribution in [3.05, 3.63) is 21.1 Å². The molecule has 19 heavy (non-hydrogen) atoms. The Kier molecular flexibility index (Phi) is 5.02. The number of hydrazine groups is 1. The molecule has 0 saturated heterocycles. The molecule has 0 atom stereocenters. The van der Waals surface area contributed by atoms with Crippen LogP contribution in [0.1, 0.15) is 0 Å². The molecule has 0 saturated carbocycles. The van der Waals surface area contributed by atoms with Gasteiger partial charge in [-0.05, 0) is 44.0 Å². The van der Waals surface area contributed by atoms with E-state index in [2.05, 4.69) is 31.9 Å². The Morgan fingerprint density at radius 1 is 1.11 bits per heavy atom. The Balaban J connectivity index is 3.49. The molecule has 0 fully saturated rings. The van der Waals surface area contributed by atoms with Gasteiger partial charge in [-0.15, -0.1) is 4.83 Å². The number of nitrogens with one attached hydrogen (secondary N) is 1. The Labute approximate surface area is 127 Å². The maximum absolute atomic E-state index is 12.1. The van der Waals surface area contributed by atoms with Gasteiger partial charge in [-0.25, -0.2) is 13.4 Å². The summed E-state index contributed by atoms with van der Waals surface area (Å²) >= 11 is 6.04. The molecule has 0 unspecified atom stereocenters. The van der Waals surface area contributed by atoms with E-state index < -0.39 is 22.8 Å². The molecule has 1 rings (SSSR count). The van der Waals surface area contributed by atoms with Crippen molar-refractivity contribution in [2.24, 2.45) is 0 Å². The van der Waals surface area contributed by atoms with Crippen LogP contribution >= 0.6 is 31.9 Å². The van der Waals surface area contributed by atoms with Crippen molar-refractivity contribution in [1.29, 1.82) is 0 Å². The SMILES string of the molecule is CN(C)NS(=O)(=O)S(=O)(=O)c1cc(Br)c(N)cc1Br. The molecule has 0 amide bonds. The third-order valence-electron chi connectivity index (χ3n) is 1.90. The highest BCUT2D eigenvalue weighted by Gasteiger charge is 2.34. The van der Waals surface area contributed by atoms with Crippen molar-refractivity contribution in [3.8, 4) is 0 Å². The van der Waals surface area contributed by atoms with Crippen LogP contribution in [0.3, 0.4) is 0 Å². The quantitative estimate of drug-likeness (QED) is 0.411. The summed E-state index contributed by atoms with van der Waals surface area (Å²) in [5.41, 5.74) is 5.86. The minimum Gasteiger partial charge on any atom is -0.398 e. The maximum Gasteiger partial charge on any atom is 0.334 e. The van der Waals surface area contributed by atoms with E-state index in [0.29, 0.717) is 0 Å². The minimum atomic E-state index is -4.62. The molecule has 0 bridgehead atoms. The molecule has 0 radical (unpaired) electrons. The molecule has 7 nitrogen and oxygen atoms in total. The second kappa shape index (κ2) is 5.66. The lowest BCUT2D eigenvalue weighted by Gasteiger charge is -2.14. The van der Waals surface area contributed by atoms with Crippen LogP contribution in [0, 0.1) is 0 Å². The first kappa shape index (κ1) is 16.9. The van der Waals surface area contributed by atoms with Crippen LogP contribution < -0.4 is 10.6 Å². The molecule has 0 aliphatic rings. The van der Waals surface area contributed by atoms with Gasteiger partial charge in [-0.2, -0.15) is 8.42 Å². The van der Waals surface area contributed by atoms with E-state index in [1.54, 1.807) is 0 Å². The summed E-state index contributed by atoms with van der Waals surface area (Å²) < 4.78 is 48.2. The first-order chi connectivity index (χ1) is 8.49. The topological polar surface area (TPSA) is 110 Å². The van der Waals surface area contributed by atoms with Gasteiger partial charge < -0.3 is 5.73 Å². The van der Waals surface area contributed by atoms with E-state index in [-0.39, 0.29) is 14.6 Å². The number of hydrogen-bond donors (Lipinski definition) is 2. The molecular weight excluding hydrogens is 426 g/mol. The standard InChI is InChI=1S/C8H11Br2N3O4S2/c1-13(2)12-19(16,17)18(14,15)8-4-5(9)7(11)3-6(8)10/h3-4,12H,11H2,1-2H3. The summed E-state index contributed by atoms with van der Waals surface area (Å²) in [6.07, 6.45) is 0. The number of hydrogen-bond acceptors (Lipinski definition) is 6. The van der Waals surface area contributed by atoms with E-state index in [1.807, 2.05) is 4.83 Å². The average molecular weight is 437 g/mol. The van der Waals surface area contributed by atoms with Crippen molar-refractivity contribution in [2.45, 2.75) is 4.90 Å². The van der Waals surface area contributed by atoms with Crippen molar-refractivity contribution >= 4 is 55.5 Å². The van der Waals surface area contributed by atoms with Gasteiger partial charge in [0.1, 0.15) is 0 Å². The lowest BCUT2D eigenvalue weighted by Crippen LogP contribution is -2.40. The Bertz CT molecular complexity index is 701. The van der Waals surface area contributed by atoms with Gasteiger partial charge in [0.05, 0.1) is 4.90 Å². The van der Waals surface area contributed by atoms with Gasteiger partial charge >= 0.3 is 9.06 Å². The van der Waals surface area contributed by atoms with Gasteiger partial charge in [0, 0.05) is 28.7 Å². The minimum absolute atomic E-state index is 0.0670. The third-order valence-corrected chi connectivity index (χ3v) is 8.05. The molecule has 0 heterocycles. The number of nitrogen functional groups attached to an aromatic ring is 1. The second-order valence-electron chi connectivity index (χ2n) is 3.70. The Morgan fingerprint density at radius 3 is 2.11 bits per heavy atom. The molecule has 3 N–H and O–H groups in total. The van der Waals surface area contributed by atoms with Crippen LogP contribution in [0.4, 0.5) is 5.69 Å². The highest BCUT2D eigenvalue weighted by atomic mass is 79.9. The van der Waals surface area contributed by atoms with Gasteiger partial charge in [-0.1, -0.05) is 0 Å². The van der Waals surface area contributed by atoms with E-state index in [1.165, 1.54) is 20.2 Å². The molecular formula is C8H11Br2N3O4S2. The maximum atomic E-state index is 12.1. The summed E-state index contributed by atoms with van der Waals surface area (Å²) in [6.45, 7) is 0. The van der Waals surface area contributed by atoms with Crippen LogP contribution in [0.2, 0.25) is 0 Å². The lowest BCUT2D eigenvalue weighted by atomic mass is 10.3. The zero-order valence-electron chi connectivity index (χ0n) is 9.88. The van der Waals surface area contributed by atoms with Crippen molar-refractivity contribution in [3.63, 3.8) is 0 Å². The zero-order valence-corrected chi connectivity index (χ0v) is 14.7. The summed E-state index contributed by atoms with van der Waals surface area (Å²) in [5.74, 6) is 0. The van der Waals surface area contributed by atoms with E-state index in [9.17, 15) is 16.8 Å². The van der Waals surface area contributed by atoms with Gasteiger partial charge in [0.25, 0.3) is 8.87 Å². The first-order valence-corrected chi connectivity index (χ1v) is 9.75. The smallest absolute Gasteiger partial charge is 0.334 e. The van der Waals surface area contributed by atoms with Crippen LogP contribution in [0.15, 0.2) is 26.0 Å². The molecule has 0 aromatic heterocycles. The summed E-state index contributed by atoms with van der Waals surface area (Å²) in [4.78, 5) is 1.47. The summed E-state index contributed by atoms with van der Waals surface area (Å²) in [6, 6.07) is 2.44. The number of halogens is 2. The summed E-state index contributed by atoms with van der Waals surface area (Å²) in [7, 11) is -6.50. The number of benzene rings is 1. The van der Waals surface area contributed by atoms with E-state index in [4.69, 9.17) is 5.73 Å². The average Bonchev–Trinajstić information content (AvgIpc) is 2.21. The molecule has 0 aliphatic carbocycles. The Morgan fingerprint density at radius 2 is 1.63 bits per heavy atom. The first-order valence-electron chi connectivity index (χ1n) is 4.68. The second-order valence-corrected chi connectivity index (χ2v) is 10.5. The zero-order chi connectivity index (χ0) is 15.0. The van der Waals surface area contributed by atoms with Crippen LogP contribution in [0.25, 0.3) is 0 Å². The van der Waals surface area contributed by atoms with E-state index >= 15 is 0 Å². The fraction of sp³-hybridized carbons (Fsp3) is 0.250. The van der Waals surface area contributed by atoms with Crippen LogP contribution in [0.5, 0.6) is 0 Å². The highest BCUT2D eigenvalue weighted by Crippen LogP contribution is 2.32. The predicted molar refractivity (Wildman–Crippen MR) is 79.2 cm³/mol. The molecule has 1 aromatic carbocycles. The van der Waals surface area contributed by atoms with Gasteiger partial charge in [0.2, 0.25) is 0 Å². The lowest BCUT2D eigenvalue weighted by molar-refractivity contribution is 0.367. The van der Waals surface area contributed by atoms with Crippen LogP contribution in [-0.2, 0) is 17.9 Å². The van der Waals surface area contributed by atoms with Crippen molar-refractivity contribution < 1.29 is 16.8 Å². The van der Waals surface area contributed by atoms with Crippen LogP contribution in [-0.4, -0.2) is 35.9 Å². The number of rotatable bonds is 4. The fourth-order valence-electron chi connectivity index (χ4n) is 1.13.